The molecule has 0 aliphatic heterocycles. The molecule has 0 aliphatic carbocycles. The topological polar surface area (TPSA) is 0 Å². The lowest BCUT2D eigenvalue weighted by Gasteiger charge is -2.38. The summed E-state index contributed by atoms with van der Waals surface area (Å²) in [4.78, 5) is 0. The average Bonchev–Trinajstić information content (AvgIpc) is 2.36. The number of rotatable bonds is 11. The van der Waals surface area contributed by atoms with Crippen LogP contribution < -0.4 is 0 Å². The Hall–Kier alpha value is 0. The van der Waals surface area contributed by atoms with Gasteiger partial charge in [0, 0.05) is 0 Å². The zero-order valence-electron chi connectivity index (χ0n) is 15.8. The molecular weight excluding hydrogens is 240 g/mol. The van der Waals surface area contributed by atoms with Crippen LogP contribution in [0.15, 0.2) is 0 Å². The monoisotopic (exact) mass is 282 g/mol. The van der Waals surface area contributed by atoms with Crippen molar-refractivity contribution in [2.75, 3.05) is 0 Å². The highest BCUT2D eigenvalue weighted by molar-refractivity contribution is 4.81. The van der Waals surface area contributed by atoms with Gasteiger partial charge >= 0.3 is 0 Å². The van der Waals surface area contributed by atoms with E-state index in [0.29, 0.717) is 5.41 Å². The summed E-state index contributed by atoms with van der Waals surface area (Å²) in [6.07, 6.45) is 9.69. The number of unbranched alkanes of at least 4 members (excludes halogenated alkanes) is 2. The van der Waals surface area contributed by atoms with Gasteiger partial charge < -0.3 is 0 Å². The summed E-state index contributed by atoms with van der Waals surface area (Å²) < 4.78 is 0. The fraction of sp³-hybridized carbons (Fsp3) is 1.00. The molecule has 0 aromatic carbocycles. The molecule has 0 amide bonds. The fourth-order valence-corrected chi connectivity index (χ4v) is 3.76. The Bertz CT molecular complexity index is 228. The molecule has 0 N–H and O–H groups in total. The van der Waals surface area contributed by atoms with E-state index < -0.39 is 0 Å². The van der Waals surface area contributed by atoms with E-state index in [2.05, 4.69) is 55.4 Å². The van der Waals surface area contributed by atoms with Crippen LogP contribution in [0.2, 0.25) is 0 Å². The molecular formula is C20H42. The van der Waals surface area contributed by atoms with Crippen LogP contribution in [0.3, 0.4) is 0 Å². The van der Waals surface area contributed by atoms with E-state index in [4.69, 9.17) is 0 Å². The molecule has 0 aromatic rings. The van der Waals surface area contributed by atoms with Crippen LogP contribution in [0, 0.1) is 29.1 Å². The second kappa shape index (κ2) is 9.85. The molecule has 0 fully saturated rings. The Morgan fingerprint density at radius 2 is 1.45 bits per heavy atom. The van der Waals surface area contributed by atoms with Gasteiger partial charge in [-0.25, -0.2) is 0 Å². The molecule has 0 saturated heterocycles. The average molecular weight is 283 g/mol. The summed E-state index contributed by atoms with van der Waals surface area (Å²) in [5, 5.41) is 0. The lowest BCUT2D eigenvalue weighted by molar-refractivity contribution is 0.117. The van der Waals surface area contributed by atoms with Crippen LogP contribution in [0.4, 0.5) is 0 Å². The van der Waals surface area contributed by atoms with Crippen LogP contribution in [-0.2, 0) is 0 Å². The highest BCUT2D eigenvalue weighted by atomic mass is 14.4. The molecule has 20 heavy (non-hydrogen) atoms. The van der Waals surface area contributed by atoms with Gasteiger partial charge in [0.25, 0.3) is 0 Å². The van der Waals surface area contributed by atoms with E-state index in [9.17, 15) is 0 Å². The third-order valence-electron chi connectivity index (χ3n) is 5.73. The van der Waals surface area contributed by atoms with Gasteiger partial charge in [0.2, 0.25) is 0 Å². The van der Waals surface area contributed by atoms with Crippen molar-refractivity contribution in [3.8, 4) is 0 Å². The highest BCUT2D eigenvalue weighted by Gasteiger charge is 2.31. The van der Waals surface area contributed by atoms with Crippen LogP contribution in [-0.4, -0.2) is 0 Å². The Balaban J connectivity index is 4.30. The standard InChI is InChI=1S/C20H42/c1-9-11-12-13-18(5)19(6)20(7,8)15-17(4)14-16(3)10-2/h16-19H,9-15H2,1-8H3. The zero-order chi connectivity index (χ0) is 15.8. The maximum absolute atomic E-state index is 2.50. The molecule has 122 valence electrons. The molecule has 4 atom stereocenters. The molecule has 4 unspecified atom stereocenters. The third-order valence-corrected chi connectivity index (χ3v) is 5.73. The van der Waals surface area contributed by atoms with Gasteiger partial charge in [-0.1, -0.05) is 87.5 Å². The molecule has 0 aromatic heterocycles. The zero-order valence-corrected chi connectivity index (χ0v) is 15.8. The van der Waals surface area contributed by atoms with Crippen molar-refractivity contribution in [2.24, 2.45) is 29.1 Å². The quantitative estimate of drug-likeness (QED) is 0.348. The van der Waals surface area contributed by atoms with Gasteiger partial charge in [0.1, 0.15) is 0 Å². The minimum Gasteiger partial charge on any atom is -0.0654 e. The summed E-state index contributed by atoms with van der Waals surface area (Å²) >= 11 is 0. The Labute approximate surface area is 130 Å². The minimum absolute atomic E-state index is 0.485. The van der Waals surface area contributed by atoms with Crippen molar-refractivity contribution in [1.29, 1.82) is 0 Å². The van der Waals surface area contributed by atoms with Crippen molar-refractivity contribution in [3.05, 3.63) is 0 Å². The number of hydrogen-bond donors (Lipinski definition) is 0. The van der Waals surface area contributed by atoms with Gasteiger partial charge in [0.05, 0.1) is 0 Å². The van der Waals surface area contributed by atoms with E-state index in [-0.39, 0.29) is 0 Å². The Morgan fingerprint density at radius 3 is 1.95 bits per heavy atom. The number of hydrogen-bond acceptors (Lipinski definition) is 0. The minimum atomic E-state index is 0.485. The maximum atomic E-state index is 2.50. The van der Waals surface area contributed by atoms with Crippen LogP contribution in [0.25, 0.3) is 0 Å². The summed E-state index contributed by atoms with van der Waals surface area (Å²) in [6.45, 7) is 19.5. The molecule has 0 saturated carbocycles. The largest absolute Gasteiger partial charge is 0.0654 e. The molecule has 0 rings (SSSR count). The van der Waals surface area contributed by atoms with E-state index in [1.165, 1.54) is 44.9 Å². The Kier molecular flexibility index (Phi) is 9.85. The lowest BCUT2D eigenvalue weighted by atomic mass is 9.67. The van der Waals surface area contributed by atoms with Gasteiger partial charge in [-0.2, -0.15) is 0 Å². The van der Waals surface area contributed by atoms with Crippen LogP contribution in [0.5, 0.6) is 0 Å². The first kappa shape index (κ1) is 20.0. The predicted octanol–water partition coefficient (Wildman–Crippen LogP) is 7.33. The second-order valence-electron chi connectivity index (χ2n) is 8.31. The molecule has 0 heterocycles. The summed E-state index contributed by atoms with van der Waals surface area (Å²) in [5.41, 5.74) is 0.485. The molecule has 0 bridgehead atoms. The molecule has 0 radical (unpaired) electrons. The first-order valence-corrected chi connectivity index (χ1v) is 9.24. The van der Waals surface area contributed by atoms with Crippen molar-refractivity contribution in [1.82, 2.24) is 0 Å². The van der Waals surface area contributed by atoms with Crippen molar-refractivity contribution in [3.63, 3.8) is 0 Å². The van der Waals surface area contributed by atoms with Gasteiger partial charge in [0.15, 0.2) is 0 Å². The summed E-state index contributed by atoms with van der Waals surface area (Å²) in [7, 11) is 0. The molecule has 0 nitrogen and oxygen atoms in total. The molecule has 0 aliphatic rings. The summed E-state index contributed by atoms with van der Waals surface area (Å²) in [6, 6.07) is 0. The normalized spacial score (nSPS) is 18.6. The Morgan fingerprint density at radius 1 is 0.850 bits per heavy atom. The van der Waals surface area contributed by atoms with Gasteiger partial charge in [-0.15, -0.1) is 0 Å². The fourth-order valence-electron chi connectivity index (χ4n) is 3.76. The van der Waals surface area contributed by atoms with E-state index in [1.54, 1.807) is 0 Å². The molecule has 0 heteroatoms. The van der Waals surface area contributed by atoms with Gasteiger partial charge in [-0.05, 0) is 41.9 Å². The first-order valence-electron chi connectivity index (χ1n) is 9.24. The SMILES string of the molecule is CCCCCC(C)C(C)C(C)(C)CC(C)CC(C)CC. The smallest absolute Gasteiger partial charge is 0.0323 e. The van der Waals surface area contributed by atoms with Crippen LogP contribution >= 0.6 is 0 Å². The van der Waals surface area contributed by atoms with E-state index in [1.807, 2.05) is 0 Å². The predicted molar refractivity (Wildman–Crippen MR) is 94.1 cm³/mol. The second-order valence-corrected chi connectivity index (χ2v) is 8.31. The molecule has 0 spiro atoms. The van der Waals surface area contributed by atoms with Crippen molar-refractivity contribution < 1.29 is 0 Å². The van der Waals surface area contributed by atoms with Crippen LogP contribution in [0.1, 0.15) is 100 Å². The van der Waals surface area contributed by atoms with Gasteiger partial charge in [-0.3, -0.25) is 0 Å². The van der Waals surface area contributed by atoms with E-state index in [0.717, 1.165) is 23.7 Å². The van der Waals surface area contributed by atoms with Crippen molar-refractivity contribution >= 4 is 0 Å². The lowest BCUT2D eigenvalue weighted by Crippen LogP contribution is -2.29. The first-order chi connectivity index (χ1) is 9.24. The maximum Gasteiger partial charge on any atom is -0.0323 e. The third kappa shape index (κ3) is 7.70. The summed E-state index contributed by atoms with van der Waals surface area (Å²) in [5.74, 6) is 3.45. The van der Waals surface area contributed by atoms with Crippen molar-refractivity contribution in [2.45, 2.75) is 100 Å². The van der Waals surface area contributed by atoms with E-state index >= 15 is 0 Å². The highest BCUT2D eigenvalue weighted by Crippen LogP contribution is 2.40.